The van der Waals surface area contributed by atoms with Crippen molar-refractivity contribution in [3.63, 3.8) is 0 Å². The van der Waals surface area contributed by atoms with Gasteiger partial charge in [-0.1, -0.05) is 30.3 Å². The highest BCUT2D eigenvalue weighted by atomic mass is 16.5. The molecule has 0 aliphatic carbocycles. The summed E-state index contributed by atoms with van der Waals surface area (Å²) in [7, 11) is 2.79. The monoisotopic (exact) mass is 349 g/mol. The molecule has 1 aromatic carbocycles. The Balaban J connectivity index is 1.68. The molecule has 2 aromatic heterocycles. The first kappa shape index (κ1) is 17.4. The van der Waals surface area contributed by atoms with E-state index in [4.69, 9.17) is 9.47 Å². The average Bonchev–Trinajstić information content (AvgIpc) is 2.72. The van der Waals surface area contributed by atoms with Gasteiger partial charge >= 0.3 is 5.97 Å². The fourth-order valence-electron chi connectivity index (χ4n) is 2.50. The van der Waals surface area contributed by atoms with E-state index in [1.54, 1.807) is 18.3 Å². The van der Waals surface area contributed by atoms with Crippen molar-refractivity contribution in [3.8, 4) is 17.0 Å². The third-order valence-corrected chi connectivity index (χ3v) is 3.88. The number of esters is 1. The maximum absolute atomic E-state index is 11.7. The van der Waals surface area contributed by atoms with E-state index in [1.807, 2.05) is 18.3 Å². The molecule has 26 heavy (non-hydrogen) atoms. The van der Waals surface area contributed by atoms with Crippen molar-refractivity contribution in [3.05, 3.63) is 72.1 Å². The van der Waals surface area contributed by atoms with Crippen LogP contribution in [0, 0.1) is 0 Å². The molecule has 0 unspecified atom stereocenters. The Morgan fingerprint density at radius 3 is 2.50 bits per heavy atom. The van der Waals surface area contributed by atoms with Gasteiger partial charge in [-0.3, -0.25) is 4.98 Å². The summed E-state index contributed by atoms with van der Waals surface area (Å²) in [4.78, 5) is 20.1. The lowest BCUT2D eigenvalue weighted by Gasteiger charge is -2.10. The maximum Gasteiger partial charge on any atom is 0.343 e. The van der Waals surface area contributed by atoms with Crippen LogP contribution in [-0.2, 0) is 11.3 Å². The molecule has 0 atom stereocenters. The lowest BCUT2D eigenvalue weighted by Crippen LogP contribution is -2.08. The lowest BCUT2D eigenvalue weighted by molar-refractivity contribution is 0.0596. The van der Waals surface area contributed by atoms with Crippen molar-refractivity contribution in [1.82, 2.24) is 9.97 Å². The minimum absolute atomic E-state index is 0.230. The first-order chi connectivity index (χ1) is 12.7. The van der Waals surface area contributed by atoms with Crippen molar-refractivity contribution in [2.45, 2.75) is 6.54 Å². The van der Waals surface area contributed by atoms with Crippen molar-refractivity contribution in [2.24, 2.45) is 0 Å². The van der Waals surface area contributed by atoms with Gasteiger partial charge in [-0.05, 0) is 34.9 Å². The van der Waals surface area contributed by atoms with Crippen LogP contribution in [0.1, 0.15) is 15.9 Å². The fraction of sp³-hybridized carbons (Fsp3) is 0.150. The molecule has 132 valence electrons. The zero-order valence-electron chi connectivity index (χ0n) is 14.6. The highest BCUT2D eigenvalue weighted by Crippen LogP contribution is 2.21. The van der Waals surface area contributed by atoms with Crippen LogP contribution in [-0.4, -0.2) is 30.2 Å². The minimum Gasteiger partial charge on any atom is -0.480 e. The van der Waals surface area contributed by atoms with Crippen molar-refractivity contribution in [2.75, 3.05) is 19.5 Å². The summed E-state index contributed by atoms with van der Waals surface area (Å²) in [5, 5.41) is 3.22. The second-order valence-corrected chi connectivity index (χ2v) is 5.54. The van der Waals surface area contributed by atoms with Gasteiger partial charge in [-0.2, -0.15) is 4.98 Å². The Hall–Kier alpha value is -3.41. The van der Waals surface area contributed by atoms with Crippen LogP contribution in [0.3, 0.4) is 0 Å². The topological polar surface area (TPSA) is 73.3 Å². The molecule has 0 saturated carbocycles. The van der Waals surface area contributed by atoms with Crippen molar-refractivity contribution < 1.29 is 14.3 Å². The molecule has 0 aliphatic rings. The highest BCUT2D eigenvalue weighted by Gasteiger charge is 2.14. The van der Waals surface area contributed by atoms with Gasteiger partial charge in [0.25, 0.3) is 0 Å². The second kappa shape index (κ2) is 8.11. The lowest BCUT2D eigenvalue weighted by atomic mass is 10.1. The number of anilines is 1. The number of nitrogens with zero attached hydrogens (tertiary/aromatic N) is 2. The Kier molecular flexibility index (Phi) is 5.43. The average molecular weight is 349 g/mol. The van der Waals surface area contributed by atoms with E-state index >= 15 is 0 Å². The molecule has 2 heterocycles. The molecule has 6 heteroatoms. The fourth-order valence-corrected chi connectivity index (χ4v) is 2.50. The number of nitrogens with one attached hydrogen (secondary N) is 1. The zero-order valence-corrected chi connectivity index (χ0v) is 14.6. The molecule has 0 fully saturated rings. The molecular formula is C20H19N3O3. The number of benzene rings is 1. The van der Waals surface area contributed by atoms with Crippen LogP contribution in [0.15, 0.2) is 60.9 Å². The molecule has 0 bridgehead atoms. The standard InChI is InChI=1S/C20H19N3O3/c1-25-19-17(20(24)26-2)9-10-18(23-19)22-12-14-5-7-15(8-6-14)16-4-3-11-21-13-16/h3-11,13H,12H2,1-2H3,(H,22,23). The SMILES string of the molecule is COC(=O)c1ccc(NCc2ccc(-c3cccnc3)cc2)nc1OC. The number of pyridine rings is 2. The van der Waals surface area contributed by atoms with E-state index in [0.717, 1.165) is 16.7 Å². The predicted octanol–water partition coefficient (Wildman–Crippen LogP) is 3.55. The van der Waals surface area contributed by atoms with E-state index in [-0.39, 0.29) is 5.88 Å². The molecule has 0 radical (unpaired) electrons. The van der Waals surface area contributed by atoms with Crippen molar-refractivity contribution >= 4 is 11.8 Å². The van der Waals surface area contributed by atoms with Crippen LogP contribution in [0.5, 0.6) is 5.88 Å². The third-order valence-electron chi connectivity index (χ3n) is 3.88. The van der Waals surface area contributed by atoms with Crippen LogP contribution in [0.4, 0.5) is 5.82 Å². The number of carbonyl (C=O) groups is 1. The summed E-state index contributed by atoms with van der Waals surface area (Å²) in [6, 6.07) is 15.5. The number of hydrogen-bond donors (Lipinski definition) is 1. The summed E-state index contributed by atoms with van der Waals surface area (Å²) in [6.45, 7) is 0.598. The zero-order chi connectivity index (χ0) is 18.4. The number of hydrogen-bond acceptors (Lipinski definition) is 6. The van der Waals surface area contributed by atoms with Crippen LogP contribution < -0.4 is 10.1 Å². The summed E-state index contributed by atoms with van der Waals surface area (Å²) >= 11 is 0. The van der Waals surface area contributed by atoms with E-state index in [1.165, 1.54) is 14.2 Å². The van der Waals surface area contributed by atoms with Gasteiger partial charge in [0, 0.05) is 18.9 Å². The Morgan fingerprint density at radius 2 is 1.85 bits per heavy atom. The second-order valence-electron chi connectivity index (χ2n) is 5.54. The highest BCUT2D eigenvalue weighted by molar-refractivity contribution is 5.92. The van der Waals surface area contributed by atoms with Gasteiger partial charge in [0.1, 0.15) is 11.4 Å². The Bertz CT molecular complexity index is 881. The normalized spacial score (nSPS) is 10.2. The number of rotatable bonds is 6. The number of carbonyl (C=O) groups excluding carboxylic acids is 1. The number of aromatic nitrogens is 2. The molecule has 0 aliphatic heterocycles. The van der Waals surface area contributed by atoms with Gasteiger partial charge in [0.15, 0.2) is 0 Å². The molecule has 0 saturated heterocycles. The van der Waals surface area contributed by atoms with E-state index in [0.29, 0.717) is 17.9 Å². The van der Waals surface area contributed by atoms with Crippen LogP contribution in [0.2, 0.25) is 0 Å². The first-order valence-corrected chi connectivity index (χ1v) is 8.08. The van der Waals surface area contributed by atoms with E-state index < -0.39 is 5.97 Å². The van der Waals surface area contributed by atoms with Gasteiger partial charge in [-0.15, -0.1) is 0 Å². The predicted molar refractivity (Wildman–Crippen MR) is 99.1 cm³/mol. The summed E-state index contributed by atoms with van der Waals surface area (Å²) < 4.78 is 9.88. The van der Waals surface area contributed by atoms with E-state index in [2.05, 4.69) is 39.6 Å². The van der Waals surface area contributed by atoms with Gasteiger partial charge in [0.05, 0.1) is 14.2 Å². The summed E-state index contributed by atoms with van der Waals surface area (Å²) in [6.07, 6.45) is 3.60. The molecule has 6 nitrogen and oxygen atoms in total. The smallest absolute Gasteiger partial charge is 0.343 e. The Labute approximate surface area is 151 Å². The van der Waals surface area contributed by atoms with Crippen LogP contribution >= 0.6 is 0 Å². The molecular weight excluding hydrogens is 330 g/mol. The number of methoxy groups -OCH3 is 2. The van der Waals surface area contributed by atoms with Crippen molar-refractivity contribution in [1.29, 1.82) is 0 Å². The molecule has 3 rings (SSSR count). The quantitative estimate of drug-likeness (QED) is 0.686. The minimum atomic E-state index is -0.480. The summed E-state index contributed by atoms with van der Waals surface area (Å²) in [5.74, 6) is 0.367. The first-order valence-electron chi connectivity index (χ1n) is 8.08. The maximum atomic E-state index is 11.7. The van der Waals surface area contributed by atoms with E-state index in [9.17, 15) is 4.79 Å². The van der Waals surface area contributed by atoms with Gasteiger partial charge in [-0.25, -0.2) is 4.79 Å². The van der Waals surface area contributed by atoms with Crippen LogP contribution in [0.25, 0.3) is 11.1 Å². The molecule has 1 N–H and O–H groups in total. The van der Waals surface area contributed by atoms with Gasteiger partial charge < -0.3 is 14.8 Å². The number of ether oxygens (including phenoxy) is 2. The summed E-state index contributed by atoms with van der Waals surface area (Å²) in [5.41, 5.74) is 3.60. The van der Waals surface area contributed by atoms with Gasteiger partial charge in [0.2, 0.25) is 5.88 Å². The largest absolute Gasteiger partial charge is 0.480 e. The Morgan fingerprint density at radius 1 is 1.04 bits per heavy atom. The molecule has 0 amide bonds. The molecule has 3 aromatic rings. The third kappa shape index (κ3) is 3.97. The molecule has 0 spiro atoms.